The monoisotopic (exact) mass is 195 g/mol. The average Bonchev–Trinajstić information content (AvgIpc) is 2.16. The van der Waals surface area contributed by atoms with Crippen LogP contribution in [0.25, 0.3) is 0 Å². The number of rotatable bonds is 1. The van der Waals surface area contributed by atoms with Gasteiger partial charge in [0.05, 0.1) is 5.69 Å². The summed E-state index contributed by atoms with van der Waals surface area (Å²) in [5.74, 6) is 0.809. The van der Waals surface area contributed by atoms with Gasteiger partial charge in [-0.25, -0.2) is 4.39 Å². The Morgan fingerprint density at radius 1 is 1.43 bits per heavy atom. The Labute approximate surface area is 83.1 Å². The van der Waals surface area contributed by atoms with Gasteiger partial charge in [-0.15, -0.1) is 0 Å². The molecule has 2 nitrogen and oxygen atoms in total. The predicted molar refractivity (Wildman–Crippen MR) is 54.6 cm³/mol. The van der Waals surface area contributed by atoms with Crippen molar-refractivity contribution in [3.63, 3.8) is 0 Å². The lowest BCUT2D eigenvalue weighted by Crippen LogP contribution is -2.19. The van der Waals surface area contributed by atoms with Crippen molar-refractivity contribution in [2.75, 3.05) is 18.5 Å². The fourth-order valence-corrected chi connectivity index (χ4v) is 1.51. The van der Waals surface area contributed by atoms with Crippen molar-refractivity contribution in [1.82, 2.24) is 0 Å². The second kappa shape index (κ2) is 3.15. The molecule has 0 saturated carbocycles. The van der Waals surface area contributed by atoms with E-state index in [9.17, 15) is 4.39 Å². The predicted octanol–water partition coefficient (Wildman–Crippen LogP) is 2.70. The molecule has 0 bridgehead atoms. The fourth-order valence-electron chi connectivity index (χ4n) is 1.51. The summed E-state index contributed by atoms with van der Waals surface area (Å²) in [6.45, 7) is 4.56. The van der Waals surface area contributed by atoms with Gasteiger partial charge in [-0.2, -0.15) is 0 Å². The van der Waals surface area contributed by atoms with E-state index in [2.05, 4.69) is 5.32 Å². The van der Waals surface area contributed by atoms with E-state index in [1.807, 2.05) is 12.1 Å². The Morgan fingerprint density at radius 2 is 2.21 bits per heavy atom. The number of hydrogen-bond donors (Lipinski definition) is 1. The molecule has 0 amide bonds. The molecule has 0 saturated heterocycles. The van der Waals surface area contributed by atoms with Crippen LogP contribution in [0.5, 0.6) is 5.75 Å². The second-order valence-electron chi connectivity index (χ2n) is 3.96. The maximum atomic E-state index is 13.6. The molecule has 76 valence electrons. The molecular weight excluding hydrogens is 181 g/mol. The topological polar surface area (TPSA) is 21.3 Å². The molecule has 1 aliphatic rings. The van der Waals surface area contributed by atoms with E-state index in [0.717, 1.165) is 18.0 Å². The highest BCUT2D eigenvalue weighted by Gasteiger charge is 2.21. The van der Waals surface area contributed by atoms with Gasteiger partial charge >= 0.3 is 0 Å². The van der Waals surface area contributed by atoms with Crippen LogP contribution in [0.1, 0.15) is 19.4 Å². The highest BCUT2D eigenvalue weighted by atomic mass is 19.1. The van der Waals surface area contributed by atoms with Crippen LogP contribution >= 0.6 is 0 Å². The normalized spacial score (nSPS) is 15.4. The van der Waals surface area contributed by atoms with Crippen molar-refractivity contribution in [3.8, 4) is 5.75 Å². The quantitative estimate of drug-likeness (QED) is 0.743. The Hall–Kier alpha value is -1.25. The first kappa shape index (κ1) is 9.31. The number of ether oxygens (including phenoxy) is 1. The number of anilines is 1. The molecule has 1 N–H and O–H groups in total. The number of nitrogens with one attached hydrogen (secondary N) is 1. The number of alkyl halides is 1. The summed E-state index contributed by atoms with van der Waals surface area (Å²) < 4.78 is 19.0. The Balaban J connectivity index is 2.39. The van der Waals surface area contributed by atoms with E-state index in [1.54, 1.807) is 19.9 Å². The van der Waals surface area contributed by atoms with Crippen molar-refractivity contribution in [1.29, 1.82) is 0 Å². The molecule has 0 spiro atoms. The number of halogens is 1. The van der Waals surface area contributed by atoms with Gasteiger partial charge in [0.25, 0.3) is 0 Å². The molecule has 0 atom stereocenters. The molecule has 1 aromatic rings. The summed E-state index contributed by atoms with van der Waals surface area (Å²) >= 11 is 0. The first-order valence-electron chi connectivity index (χ1n) is 4.77. The van der Waals surface area contributed by atoms with Gasteiger partial charge in [0.2, 0.25) is 0 Å². The Morgan fingerprint density at radius 3 is 2.93 bits per heavy atom. The van der Waals surface area contributed by atoms with Gasteiger partial charge in [-0.1, -0.05) is 6.07 Å². The van der Waals surface area contributed by atoms with E-state index < -0.39 is 5.67 Å². The highest BCUT2D eigenvalue weighted by molar-refractivity contribution is 5.59. The van der Waals surface area contributed by atoms with Crippen LogP contribution in [0, 0.1) is 0 Å². The third kappa shape index (κ3) is 1.67. The smallest absolute Gasteiger partial charge is 0.142 e. The van der Waals surface area contributed by atoms with Crippen molar-refractivity contribution in [3.05, 3.63) is 23.8 Å². The number of fused-ring (bicyclic) bond motifs is 1. The van der Waals surface area contributed by atoms with Gasteiger partial charge < -0.3 is 10.1 Å². The van der Waals surface area contributed by atoms with Crippen LogP contribution in [0.3, 0.4) is 0 Å². The molecular formula is C11H14FNO. The molecule has 0 fully saturated rings. The second-order valence-corrected chi connectivity index (χ2v) is 3.96. The van der Waals surface area contributed by atoms with E-state index in [0.29, 0.717) is 12.2 Å². The van der Waals surface area contributed by atoms with Gasteiger partial charge in [0.1, 0.15) is 18.0 Å². The highest BCUT2D eigenvalue weighted by Crippen LogP contribution is 2.33. The Kier molecular flexibility index (Phi) is 2.10. The van der Waals surface area contributed by atoms with Crippen LogP contribution < -0.4 is 10.1 Å². The number of benzene rings is 1. The minimum absolute atomic E-state index is 0.672. The largest absolute Gasteiger partial charge is 0.490 e. The maximum Gasteiger partial charge on any atom is 0.142 e. The summed E-state index contributed by atoms with van der Waals surface area (Å²) in [6.07, 6.45) is 0. The number of hydrogen-bond acceptors (Lipinski definition) is 2. The standard InChI is InChI=1S/C11H14FNO/c1-11(2,12)8-3-4-10-9(7-8)13-5-6-14-10/h3-4,7,13H,5-6H2,1-2H3. The fraction of sp³-hybridized carbons (Fsp3) is 0.455. The molecule has 3 heteroatoms. The van der Waals surface area contributed by atoms with Gasteiger partial charge in [0.15, 0.2) is 0 Å². The molecule has 1 aromatic carbocycles. The van der Waals surface area contributed by atoms with E-state index >= 15 is 0 Å². The zero-order valence-electron chi connectivity index (χ0n) is 8.43. The third-order valence-electron chi connectivity index (χ3n) is 2.34. The summed E-state index contributed by atoms with van der Waals surface area (Å²) in [6, 6.07) is 5.40. The first-order chi connectivity index (χ1) is 6.57. The lowest BCUT2D eigenvalue weighted by Gasteiger charge is -2.22. The summed E-state index contributed by atoms with van der Waals surface area (Å²) in [5.41, 5.74) is 0.266. The molecule has 0 unspecified atom stereocenters. The van der Waals surface area contributed by atoms with Crippen molar-refractivity contribution in [2.45, 2.75) is 19.5 Å². The molecule has 0 aromatic heterocycles. The van der Waals surface area contributed by atoms with Crippen molar-refractivity contribution >= 4 is 5.69 Å². The molecule has 2 rings (SSSR count). The Bertz CT molecular complexity index is 344. The van der Waals surface area contributed by atoms with Gasteiger partial charge in [0, 0.05) is 6.54 Å². The van der Waals surface area contributed by atoms with E-state index in [1.165, 1.54) is 0 Å². The van der Waals surface area contributed by atoms with Crippen LogP contribution in [0.2, 0.25) is 0 Å². The minimum atomic E-state index is -1.30. The SMILES string of the molecule is CC(C)(F)c1ccc2c(c1)NCCO2. The molecule has 1 heterocycles. The first-order valence-corrected chi connectivity index (χ1v) is 4.77. The summed E-state index contributed by atoms with van der Waals surface area (Å²) in [5, 5.41) is 3.18. The molecule has 0 aliphatic carbocycles. The minimum Gasteiger partial charge on any atom is -0.490 e. The molecule has 14 heavy (non-hydrogen) atoms. The third-order valence-corrected chi connectivity index (χ3v) is 2.34. The van der Waals surface area contributed by atoms with Crippen LogP contribution in [0.4, 0.5) is 10.1 Å². The van der Waals surface area contributed by atoms with Gasteiger partial charge in [-0.3, -0.25) is 0 Å². The van der Waals surface area contributed by atoms with Crippen LogP contribution in [0.15, 0.2) is 18.2 Å². The zero-order chi connectivity index (χ0) is 10.2. The summed E-state index contributed by atoms with van der Waals surface area (Å²) in [4.78, 5) is 0. The van der Waals surface area contributed by atoms with E-state index in [4.69, 9.17) is 4.74 Å². The molecule has 0 radical (unpaired) electrons. The van der Waals surface area contributed by atoms with Crippen molar-refractivity contribution in [2.24, 2.45) is 0 Å². The average molecular weight is 195 g/mol. The lowest BCUT2D eigenvalue weighted by atomic mass is 9.99. The maximum absolute atomic E-state index is 13.6. The summed E-state index contributed by atoms with van der Waals surface area (Å²) in [7, 11) is 0. The van der Waals surface area contributed by atoms with Crippen molar-refractivity contribution < 1.29 is 9.13 Å². The van der Waals surface area contributed by atoms with E-state index in [-0.39, 0.29) is 0 Å². The lowest BCUT2D eigenvalue weighted by molar-refractivity contribution is 0.221. The zero-order valence-corrected chi connectivity index (χ0v) is 8.43. The van der Waals surface area contributed by atoms with Gasteiger partial charge in [-0.05, 0) is 31.5 Å². The van der Waals surface area contributed by atoms with Crippen LogP contribution in [-0.4, -0.2) is 13.2 Å². The molecule has 1 aliphatic heterocycles. The van der Waals surface area contributed by atoms with Crippen LogP contribution in [-0.2, 0) is 5.67 Å².